The standard InChI is InChI=1S/C26H30F4N4O2/c1-33-21(10-11-23(35)31-14-17-4-8-20(27)9-5-17)15-32-25(36)24-22(33)12-13-34(24)16-18-2-6-19(7-3-18)26(28,29)30/h2-9,21-22,24H,10-16H2,1H3,(H,31,35)(H,32,36)/t21-,22+,24-/m0/s1. The first-order valence-corrected chi connectivity index (χ1v) is 12.0. The molecule has 2 heterocycles. The van der Waals surface area contributed by atoms with Gasteiger partial charge in [-0.05, 0) is 55.3 Å². The number of carbonyl (C=O) groups excluding carboxylic acids is 2. The summed E-state index contributed by atoms with van der Waals surface area (Å²) in [4.78, 5) is 29.5. The topological polar surface area (TPSA) is 64.7 Å². The number of carbonyl (C=O) groups is 2. The Balaban J connectivity index is 1.32. The van der Waals surface area contributed by atoms with Gasteiger partial charge < -0.3 is 10.6 Å². The summed E-state index contributed by atoms with van der Waals surface area (Å²) < 4.78 is 51.6. The molecule has 2 aromatic carbocycles. The van der Waals surface area contributed by atoms with Crippen molar-refractivity contribution in [2.45, 2.75) is 56.7 Å². The lowest BCUT2D eigenvalue weighted by molar-refractivity contribution is -0.137. The number of nitrogens with zero attached hydrogens (tertiary/aromatic N) is 2. The molecule has 4 rings (SSSR count). The Morgan fingerprint density at radius 3 is 2.42 bits per heavy atom. The zero-order chi connectivity index (χ0) is 25.9. The van der Waals surface area contributed by atoms with Gasteiger partial charge in [-0.2, -0.15) is 13.2 Å². The summed E-state index contributed by atoms with van der Waals surface area (Å²) >= 11 is 0. The first-order valence-electron chi connectivity index (χ1n) is 12.0. The lowest BCUT2D eigenvalue weighted by Gasteiger charge is -2.33. The minimum Gasteiger partial charge on any atom is -0.353 e. The number of likely N-dealkylation sites (tertiary alicyclic amines) is 1. The van der Waals surface area contributed by atoms with E-state index in [0.29, 0.717) is 39.0 Å². The molecular formula is C26H30F4N4O2. The molecule has 0 saturated carbocycles. The number of halogens is 4. The summed E-state index contributed by atoms with van der Waals surface area (Å²) in [5.41, 5.74) is 0.838. The van der Waals surface area contributed by atoms with Crippen LogP contribution in [0.5, 0.6) is 0 Å². The van der Waals surface area contributed by atoms with Crippen molar-refractivity contribution < 1.29 is 27.2 Å². The second-order valence-electron chi connectivity index (χ2n) is 9.47. The van der Waals surface area contributed by atoms with E-state index in [4.69, 9.17) is 0 Å². The molecule has 2 N–H and O–H groups in total. The molecule has 6 nitrogen and oxygen atoms in total. The second kappa shape index (κ2) is 11.0. The highest BCUT2D eigenvalue weighted by Gasteiger charge is 2.45. The summed E-state index contributed by atoms with van der Waals surface area (Å²) in [6.07, 6.45) is -2.77. The van der Waals surface area contributed by atoms with E-state index in [-0.39, 0.29) is 29.7 Å². The fourth-order valence-electron chi connectivity index (χ4n) is 5.05. The summed E-state index contributed by atoms with van der Waals surface area (Å²) in [6, 6.07) is 10.5. The van der Waals surface area contributed by atoms with Crippen molar-refractivity contribution in [2.24, 2.45) is 0 Å². The van der Waals surface area contributed by atoms with E-state index in [0.717, 1.165) is 29.7 Å². The molecule has 0 bridgehead atoms. The highest BCUT2D eigenvalue weighted by molar-refractivity contribution is 5.83. The fourth-order valence-corrected chi connectivity index (χ4v) is 5.05. The minimum absolute atomic E-state index is 0.0217. The van der Waals surface area contributed by atoms with E-state index in [9.17, 15) is 27.2 Å². The van der Waals surface area contributed by atoms with Crippen LogP contribution in [-0.4, -0.2) is 59.9 Å². The van der Waals surface area contributed by atoms with Gasteiger partial charge >= 0.3 is 6.18 Å². The number of amides is 2. The molecule has 0 aliphatic carbocycles. The molecule has 0 radical (unpaired) electrons. The third kappa shape index (κ3) is 6.22. The summed E-state index contributed by atoms with van der Waals surface area (Å²) in [5, 5.41) is 5.84. The Morgan fingerprint density at radius 2 is 1.75 bits per heavy atom. The largest absolute Gasteiger partial charge is 0.416 e. The van der Waals surface area contributed by atoms with Crippen molar-refractivity contribution in [3.8, 4) is 0 Å². The maximum atomic E-state index is 13.0. The average molecular weight is 507 g/mol. The fraction of sp³-hybridized carbons (Fsp3) is 0.462. The second-order valence-corrected chi connectivity index (χ2v) is 9.47. The minimum atomic E-state index is -4.38. The van der Waals surface area contributed by atoms with Crippen LogP contribution in [-0.2, 0) is 28.9 Å². The lowest BCUT2D eigenvalue weighted by atomic mass is 10.0. The van der Waals surface area contributed by atoms with Gasteiger partial charge in [-0.25, -0.2) is 4.39 Å². The van der Waals surface area contributed by atoms with Crippen molar-refractivity contribution >= 4 is 11.8 Å². The van der Waals surface area contributed by atoms with Gasteiger partial charge in [-0.1, -0.05) is 24.3 Å². The molecule has 2 amide bonds. The smallest absolute Gasteiger partial charge is 0.353 e. The van der Waals surface area contributed by atoms with Crippen LogP contribution >= 0.6 is 0 Å². The maximum absolute atomic E-state index is 13.0. The molecule has 2 saturated heterocycles. The van der Waals surface area contributed by atoms with Gasteiger partial charge in [-0.15, -0.1) is 0 Å². The third-order valence-corrected chi connectivity index (χ3v) is 7.12. The molecule has 2 aliphatic heterocycles. The van der Waals surface area contributed by atoms with E-state index in [1.807, 2.05) is 11.9 Å². The Labute approximate surface area is 207 Å². The summed E-state index contributed by atoms with van der Waals surface area (Å²) in [6.45, 7) is 1.78. The first kappa shape index (κ1) is 26.1. The number of rotatable bonds is 7. The zero-order valence-electron chi connectivity index (χ0n) is 20.0. The highest BCUT2D eigenvalue weighted by Crippen LogP contribution is 2.31. The van der Waals surface area contributed by atoms with Crippen LogP contribution in [0.1, 0.15) is 36.0 Å². The van der Waals surface area contributed by atoms with Crippen molar-refractivity contribution in [2.75, 3.05) is 20.1 Å². The number of likely N-dealkylation sites (N-methyl/N-ethyl adjacent to an activating group) is 1. The summed E-state index contributed by atoms with van der Waals surface area (Å²) in [7, 11) is 1.96. The van der Waals surface area contributed by atoms with Crippen molar-refractivity contribution in [1.29, 1.82) is 0 Å². The molecule has 2 aliphatic rings. The third-order valence-electron chi connectivity index (χ3n) is 7.12. The van der Waals surface area contributed by atoms with Crippen molar-refractivity contribution in [3.63, 3.8) is 0 Å². The first-order chi connectivity index (χ1) is 17.1. The van der Waals surface area contributed by atoms with E-state index in [1.54, 1.807) is 12.1 Å². The molecule has 3 atom stereocenters. The van der Waals surface area contributed by atoms with Gasteiger partial charge in [0.25, 0.3) is 0 Å². The molecule has 36 heavy (non-hydrogen) atoms. The average Bonchev–Trinajstić information content (AvgIpc) is 3.21. The van der Waals surface area contributed by atoms with Crippen LogP contribution in [0.4, 0.5) is 17.6 Å². The molecule has 0 spiro atoms. The van der Waals surface area contributed by atoms with Gasteiger partial charge in [0.15, 0.2) is 0 Å². The number of benzene rings is 2. The van der Waals surface area contributed by atoms with E-state index < -0.39 is 17.8 Å². The monoisotopic (exact) mass is 506 g/mol. The van der Waals surface area contributed by atoms with Crippen LogP contribution in [0.3, 0.4) is 0 Å². The lowest BCUT2D eigenvalue weighted by Crippen LogP contribution is -2.49. The number of nitrogens with one attached hydrogen (secondary N) is 2. The Bertz CT molecular complexity index is 1060. The Hall–Kier alpha value is -2.98. The highest BCUT2D eigenvalue weighted by atomic mass is 19.4. The van der Waals surface area contributed by atoms with Gasteiger partial charge in [0.1, 0.15) is 11.9 Å². The van der Waals surface area contributed by atoms with Gasteiger partial charge in [-0.3, -0.25) is 19.4 Å². The van der Waals surface area contributed by atoms with Gasteiger partial charge in [0.05, 0.1) is 5.56 Å². The predicted molar refractivity (Wildman–Crippen MR) is 126 cm³/mol. The predicted octanol–water partition coefficient (Wildman–Crippen LogP) is 3.31. The number of hydrogen-bond donors (Lipinski definition) is 2. The Kier molecular flexibility index (Phi) is 7.94. The normalized spacial score (nSPS) is 23.1. The van der Waals surface area contributed by atoms with Crippen LogP contribution in [0.15, 0.2) is 48.5 Å². The molecule has 10 heteroatoms. The molecule has 0 unspecified atom stereocenters. The van der Waals surface area contributed by atoms with E-state index >= 15 is 0 Å². The number of alkyl halides is 3. The van der Waals surface area contributed by atoms with Crippen LogP contribution in [0, 0.1) is 5.82 Å². The van der Waals surface area contributed by atoms with Crippen LogP contribution in [0.2, 0.25) is 0 Å². The van der Waals surface area contributed by atoms with Gasteiger partial charge in [0, 0.05) is 44.7 Å². The summed E-state index contributed by atoms with van der Waals surface area (Å²) in [5.74, 6) is -0.540. The molecular weight excluding hydrogens is 476 g/mol. The zero-order valence-corrected chi connectivity index (χ0v) is 20.0. The van der Waals surface area contributed by atoms with E-state index in [2.05, 4.69) is 15.5 Å². The SMILES string of the molecule is CN1[C@@H](CCC(=O)NCc2ccc(F)cc2)CNC(=O)[C@@H]2[C@H]1CCN2Cc1ccc(C(F)(F)F)cc1. The van der Waals surface area contributed by atoms with Crippen molar-refractivity contribution in [3.05, 3.63) is 71.0 Å². The molecule has 194 valence electrons. The van der Waals surface area contributed by atoms with Crippen molar-refractivity contribution in [1.82, 2.24) is 20.4 Å². The maximum Gasteiger partial charge on any atom is 0.416 e. The molecule has 2 aromatic rings. The number of fused-ring (bicyclic) bond motifs is 1. The van der Waals surface area contributed by atoms with Crippen LogP contribution < -0.4 is 10.6 Å². The van der Waals surface area contributed by atoms with Gasteiger partial charge in [0.2, 0.25) is 11.8 Å². The van der Waals surface area contributed by atoms with E-state index in [1.165, 1.54) is 24.3 Å². The molecule has 2 fully saturated rings. The number of hydrogen-bond acceptors (Lipinski definition) is 4. The van der Waals surface area contributed by atoms with Crippen LogP contribution in [0.25, 0.3) is 0 Å². The Morgan fingerprint density at radius 1 is 1.08 bits per heavy atom. The quantitative estimate of drug-likeness (QED) is 0.566. The molecule has 0 aromatic heterocycles.